The van der Waals surface area contributed by atoms with E-state index in [4.69, 9.17) is 4.43 Å². The molecular formula is C24H18O2Si. The molecule has 0 aliphatic rings. The van der Waals surface area contributed by atoms with Gasteiger partial charge in [0.05, 0.1) is 0 Å². The van der Waals surface area contributed by atoms with E-state index in [2.05, 4.69) is 22.9 Å². The molecule has 0 saturated heterocycles. The smallest absolute Gasteiger partial charge is 0.448 e. The molecule has 3 heteroatoms. The van der Waals surface area contributed by atoms with Crippen molar-refractivity contribution in [3.63, 3.8) is 0 Å². The first-order valence-electron chi connectivity index (χ1n) is 8.59. The second-order valence-electron chi connectivity index (χ2n) is 5.87. The van der Waals surface area contributed by atoms with Gasteiger partial charge in [-0.3, -0.25) is 4.79 Å². The van der Waals surface area contributed by atoms with E-state index < -0.39 is 8.32 Å². The fraction of sp³-hybridized carbons (Fsp3) is 0.0417. The van der Waals surface area contributed by atoms with Crippen LogP contribution in [0.5, 0.6) is 0 Å². The molecule has 0 spiro atoms. The summed E-state index contributed by atoms with van der Waals surface area (Å²) in [5, 5.41) is 0.854. The third kappa shape index (κ3) is 4.98. The van der Waals surface area contributed by atoms with Crippen molar-refractivity contribution < 1.29 is 9.22 Å². The van der Waals surface area contributed by atoms with Crippen molar-refractivity contribution in [3.05, 3.63) is 102 Å². The van der Waals surface area contributed by atoms with Gasteiger partial charge in [-0.1, -0.05) is 89.7 Å². The molecule has 3 aromatic rings. The Kier molecular flexibility index (Phi) is 5.90. The molecule has 0 aromatic heterocycles. The summed E-state index contributed by atoms with van der Waals surface area (Å²) in [4.78, 5) is 11.9. The molecule has 0 unspecified atom stereocenters. The molecule has 0 radical (unpaired) electrons. The van der Waals surface area contributed by atoms with Crippen LogP contribution in [-0.4, -0.2) is 14.3 Å². The van der Waals surface area contributed by atoms with E-state index in [1.165, 1.54) is 6.92 Å². The standard InChI is InChI=1S/C24H18O2Si/c1-21(25)26-27(24-15-9-4-10-16-24,19-17-22-11-5-2-6-12-22)20-18-23-13-7-3-8-14-23/h2-16H,1H3. The highest BCUT2D eigenvalue weighted by atomic mass is 28.4. The zero-order valence-corrected chi connectivity index (χ0v) is 16.0. The van der Waals surface area contributed by atoms with E-state index in [-0.39, 0.29) is 5.97 Å². The molecule has 0 saturated carbocycles. The highest BCUT2D eigenvalue weighted by molar-refractivity contribution is 7.00. The fourth-order valence-corrected chi connectivity index (χ4v) is 4.84. The molecular weight excluding hydrogens is 348 g/mol. The van der Waals surface area contributed by atoms with E-state index in [1.54, 1.807) is 0 Å². The second kappa shape index (κ2) is 8.72. The monoisotopic (exact) mass is 366 g/mol. The summed E-state index contributed by atoms with van der Waals surface area (Å²) in [6.45, 7) is 1.40. The van der Waals surface area contributed by atoms with Crippen molar-refractivity contribution in [2.24, 2.45) is 0 Å². The van der Waals surface area contributed by atoms with Crippen molar-refractivity contribution >= 4 is 19.5 Å². The molecule has 3 aromatic carbocycles. The molecule has 0 aliphatic carbocycles. The predicted octanol–water partition coefficient (Wildman–Crippen LogP) is 3.58. The Morgan fingerprint density at radius 3 is 1.52 bits per heavy atom. The van der Waals surface area contributed by atoms with Crippen LogP contribution < -0.4 is 5.19 Å². The Morgan fingerprint density at radius 1 is 0.704 bits per heavy atom. The van der Waals surface area contributed by atoms with Crippen LogP contribution in [0.3, 0.4) is 0 Å². The van der Waals surface area contributed by atoms with Crippen LogP contribution >= 0.6 is 0 Å². The van der Waals surface area contributed by atoms with Gasteiger partial charge >= 0.3 is 8.32 Å². The second-order valence-corrected chi connectivity index (χ2v) is 8.52. The SMILES string of the molecule is CC(=O)O[Si](C#Cc1ccccc1)(C#Cc1ccccc1)c1ccccc1. The summed E-state index contributed by atoms with van der Waals surface area (Å²) in [5.41, 5.74) is 8.20. The Hall–Kier alpha value is -3.53. The first-order chi connectivity index (χ1) is 13.2. The lowest BCUT2D eigenvalue weighted by molar-refractivity contribution is -0.132. The quantitative estimate of drug-likeness (QED) is 0.512. The van der Waals surface area contributed by atoms with Gasteiger partial charge in [-0.25, -0.2) is 0 Å². The molecule has 2 nitrogen and oxygen atoms in total. The topological polar surface area (TPSA) is 26.3 Å². The molecule has 0 fully saturated rings. The molecule has 0 aliphatic heterocycles. The molecule has 27 heavy (non-hydrogen) atoms. The van der Waals surface area contributed by atoms with E-state index in [0.717, 1.165) is 16.3 Å². The van der Waals surface area contributed by atoms with Gasteiger partial charge in [-0.15, -0.1) is 0 Å². The Balaban J connectivity index is 2.15. The number of benzene rings is 3. The van der Waals surface area contributed by atoms with Crippen molar-refractivity contribution in [2.45, 2.75) is 6.92 Å². The lowest BCUT2D eigenvalue weighted by Gasteiger charge is -2.19. The predicted molar refractivity (Wildman–Crippen MR) is 110 cm³/mol. The van der Waals surface area contributed by atoms with Gasteiger partial charge in [0, 0.05) is 23.2 Å². The van der Waals surface area contributed by atoms with Crippen molar-refractivity contribution in [1.29, 1.82) is 0 Å². The van der Waals surface area contributed by atoms with E-state index in [0.29, 0.717) is 0 Å². The fourth-order valence-electron chi connectivity index (χ4n) is 2.54. The zero-order valence-electron chi connectivity index (χ0n) is 15.0. The largest absolute Gasteiger partial charge is 0.493 e. The Labute approximate surface area is 161 Å². The van der Waals surface area contributed by atoms with Gasteiger partial charge in [-0.05, 0) is 24.3 Å². The molecule has 0 N–H and O–H groups in total. The molecule has 3 rings (SSSR count). The number of hydrogen-bond donors (Lipinski definition) is 0. The van der Waals surface area contributed by atoms with Gasteiger partial charge in [0.2, 0.25) is 0 Å². The van der Waals surface area contributed by atoms with Crippen LogP contribution in [0.25, 0.3) is 0 Å². The summed E-state index contributed by atoms with van der Waals surface area (Å²) < 4.78 is 5.82. The minimum atomic E-state index is -3.17. The summed E-state index contributed by atoms with van der Waals surface area (Å²) >= 11 is 0. The minimum Gasteiger partial charge on any atom is -0.493 e. The average molecular weight is 366 g/mol. The third-order valence-electron chi connectivity index (χ3n) is 3.79. The van der Waals surface area contributed by atoms with Crippen LogP contribution in [0.2, 0.25) is 0 Å². The first-order valence-corrected chi connectivity index (χ1v) is 10.5. The first kappa shape index (κ1) is 18.3. The summed E-state index contributed by atoms with van der Waals surface area (Å²) in [6.07, 6.45) is 0. The van der Waals surface area contributed by atoms with Gasteiger partial charge in [-0.2, -0.15) is 0 Å². The third-order valence-corrected chi connectivity index (χ3v) is 6.48. The maximum absolute atomic E-state index is 11.9. The summed E-state index contributed by atoms with van der Waals surface area (Å²) in [6, 6.07) is 28.9. The average Bonchev–Trinajstić information content (AvgIpc) is 2.72. The van der Waals surface area contributed by atoms with Crippen molar-refractivity contribution in [1.82, 2.24) is 0 Å². The molecule has 0 amide bonds. The zero-order chi connectivity index (χ0) is 19.0. The number of carbonyl (C=O) groups excluding carboxylic acids is 1. The van der Waals surface area contributed by atoms with E-state index in [1.807, 2.05) is 91.0 Å². The van der Waals surface area contributed by atoms with Crippen molar-refractivity contribution in [2.75, 3.05) is 0 Å². The number of carbonyl (C=O) groups is 1. The van der Waals surface area contributed by atoms with Crippen LogP contribution in [-0.2, 0) is 9.22 Å². The van der Waals surface area contributed by atoms with Gasteiger partial charge in [0.1, 0.15) is 0 Å². The summed E-state index contributed by atoms with van der Waals surface area (Å²) in [5.74, 6) is 5.94. The van der Waals surface area contributed by atoms with E-state index in [9.17, 15) is 4.79 Å². The van der Waals surface area contributed by atoms with Crippen LogP contribution in [0.15, 0.2) is 91.0 Å². The normalized spacial score (nSPS) is 9.96. The number of hydrogen-bond acceptors (Lipinski definition) is 2. The van der Waals surface area contributed by atoms with Crippen LogP contribution in [0.1, 0.15) is 18.1 Å². The highest BCUT2D eigenvalue weighted by Crippen LogP contribution is 2.08. The van der Waals surface area contributed by atoms with Gasteiger partial charge < -0.3 is 4.43 Å². The van der Waals surface area contributed by atoms with Crippen LogP contribution in [0, 0.1) is 22.9 Å². The van der Waals surface area contributed by atoms with Crippen molar-refractivity contribution in [3.8, 4) is 22.9 Å². The van der Waals surface area contributed by atoms with E-state index >= 15 is 0 Å². The summed E-state index contributed by atoms with van der Waals surface area (Å²) in [7, 11) is -3.17. The highest BCUT2D eigenvalue weighted by Gasteiger charge is 2.38. The molecule has 130 valence electrons. The lowest BCUT2D eigenvalue weighted by atomic mass is 10.2. The van der Waals surface area contributed by atoms with Gasteiger partial charge in [0.15, 0.2) is 0 Å². The van der Waals surface area contributed by atoms with Crippen LogP contribution in [0.4, 0.5) is 0 Å². The lowest BCUT2D eigenvalue weighted by Crippen LogP contribution is -2.50. The number of rotatable bonds is 2. The minimum absolute atomic E-state index is 0.379. The van der Waals surface area contributed by atoms with Gasteiger partial charge in [0.25, 0.3) is 5.97 Å². The Bertz CT molecular complexity index is 963. The maximum Gasteiger partial charge on any atom is 0.448 e. The maximum atomic E-state index is 11.9. The molecule has 0 bridgehead atoms. The molecule has 0 heterocycles. The Morgan fingerprint density at radius 2 is 1.11 bits per heavy atom. The molecule has 0 atom stereocenters.